The number of para-hydroxylation sites is 1. The molecule has 1 aromatic carbocycles. The number of halogens is 1. The minimum Gasteiger partial charge on any atom is -0.352 e. The summed E-state index contributed by atoms with van der Waals surface area (Å²) < 4.78 is 15.3. The number of hydrogen-bond donors (Lipinski definition) is 1. The van der Waals surface area contributed by atoms with Gasteiger partial charge in [0, 0.05) is 11.4 Å². The molecular formula is C17H16FN3OS. The molecule has 1 N–H and O–H groups in total. The van der Waals surface area contributed by atoms with Crippen LogP contribution in [0.2, 0.25) is 0 Å². The highest BCUT2D eigenvalue weighted by molar-refractivity contribution is 7.09. The summed E-state index contributed by atoms with van der Waals surface area (Å²) in [4.78, 5) is 13.5. The van der Waals surface area contributed by atoms with Gasteiger partial charge >= 0.3 is 0 Å². The molecule has 0 atom stereocenters. The monoisotopic (exact) mass is 329 g/mol. The molecule has 0 unspecified atom stereocenters. The Morgan fingerprint density at radius 3 is 2.87 bits per heavy atom. The van der Waals surface area contributed by atoms with Gasteiger partial charge in [-0.3, -0.25) is 4.79 Å². The summed E-state index contributed by atoms with van der Waals surface area (Å²) in [6.45, 7) is 2.32. The van der Waals surface area contributed by atoms with E-state index in [1.54, 1.807) is 36.5 Å². The number of rotatable bonds is 5. The van der Waals surface area contributed by atoms with Crippen molar-refractivity contribution in [2.24, 2.45) is 0 Å². The van der Waals surface area contributed by atoms with Crippen LogP contribution < -0.4 is 5.32 Å². The van der Waals surface area contributed by atoms with Gasteiger partial charge in [-0.05, 0) is 36.9 Å². The van der Waals surface area contributed by atoms with E-state index in [4.69, 9.17) is 0 Å². The highest BCUT2D eigenvalue weighted by Crippen LogP contribution is 2.17. The number of nitrogens with one attached hydrogen (secondary N) is 1. The average Bonchev–Trinajstić information content (AvgIpc) is 3.18. The first kappa shape index (κ1) is 15.4. The lowest BCUT2D eigenvalue weighted by Crippen LogP contribution is -2.26. The average molecular weight is 329 g/mol. The second-order valence-corrected chi connectivity index (χ2v) is 6.12. The van der Waals surface area contributed by atoms with Crippen LogP contribution in [-0.2, 0) is 6.42 Å². The van der Waals surface area contributed by atoms with Gasteiger partial charge in [0.25, 0.3) is 5.91 Å². The van der Waals surface area contributed by atoms with E-state index in [2.05, 4.69) is 10.4 Å². The molecule has 4 nitrogen and oxygen atoms in total. The van der Waals surface area contributed by atoms with Crippen LogP contribution >= 0.6 is 11.3 Å². The first-order chi connectivity index (χ1) is 11.2. The van der Waals surface area contributed by atoms with Gasteiger partial charge in [0.1, 0.15) is 11.5 Å². The summed E-state index contributed by atoms with van der Waals surface area (Å²) >= 11 is 1.67. The number of benzene rings is 1. The largest absolute Gasteiger partial charge is 0.352 e. The first-order valence-corrected chi connectivity index (χ1v) is 8.15. The van der Waals surface area contributed by atoms with Crippen LogP contribution in [0.25, 0.3) is 5.69 Å². The molecule has 0 spiro atoms. The summed E-state index contributed by atoms with van der Waals surface area (Å²) in [5.41, 5.74) is 1.41. The molecule has 0 bridgehead atoms. The smallest absolute Gasteiger partial charge is 0.254 e. The van der Waals surface area contributed by atoms with Crippen molar-refractivity contribution in [1.29, 1.82) is 0 Å². The number of carbonyl (C=O) groups excluding carboxylic acids is 1. The third kappa shape index (κ3) is 3.32. The van der Waals surface area contributed by atoms with Gasteiger partial charge in [-0.1, -0.05) is 18.2 Å². The van der Waals surface area contributed by atoms with Crippen LogP contribution in [0.3, 0.4) is 0 Å². The molecule has 3 rings (SSSR count). The maximum atomic E-state index is 13.9. The third-order valence-corrected chi connectivity index (χ3v) is 4.51. The molecule has 1 amide bonds. The molecule has 0 radical (unpaired) electrons. The van der Waals surface area contributed by atoms with Crippen molar-refractivity contribution < 1.29 is 9.18 Å². The molecule has 3 aromatic rings. The quantitative estimate of drug-likeness (QED) is 0.780. The molecule has 0 saturated carbocycles. The minimum absolute atomic E-state index is 0.193. The van der Waals surface area contributed by atoms with Crippen molar-refractivity contribution in [1.82, 2.24) is 15.1 Å². The molecule has 6 heteroatoms. The fourth-order valence-electron chi connectivity index (χ4n) is 2.35. The molecular weight excluding hydrogens is 313 g/mol. The Balaban J connectivity index is 1.71. The van der Waals surface area contributed by atoms with Crippen molar-refractivity contribution in [3.63, 3.8) is 0 Å². The molecule has 23 heavy (non-hydrogen) atoms. The molecule has 2 heterocycles. The molecule has 0 aliphatic heterocycles. The fourth-order valence-corrected chi connectivity index (χ4v) is 3.06. The number of carbonyl (C=O) groups is 1. The van der Waals surface area contributed by atoms with Crippen molar-refractivity contribution >= 4 is 17.2 Å². The van der Waals surface area contributed by atoms with Gasteiger partial charge in [-0.25, -0.2) is 9.07 Å². The lowest BCUT2D eigenvalue weighted by atomic mass is 10.2. The van der Waals surface area contributed by atoms with Crippen molar-refractivity contribution in [3.05, 3.63) is 69.9 Å². The van der Waals surface area contributed by atoms with Crippen molar-refractivity contribution in [2.45, 2.75) is 13.3 Å². The highest BCUT2D eigenvalue weighted by Gasteiger charge is 2.16. The highest BCUT2D eigenvalue weighted by atomic mass is 32.1. The Bertz CT molecular complexity index is 811. The maximum Gasteiger partial charge on any atom is 0.254 e. The Labute approximate surface area is 137 Å². The first-order valence-electron chi connectivity index (χ1n) is 7.27. The molecule has 118 valence electrons. The fraction of sp³-hybridized carbons (Fsp3) is 0.176. The number of thiophene rings is 1. The van der Waals surface area contributed by atoms with E-state index in [1.165, 1.54) is 21.8 Å². The van der Waals surface area contributed by atoms with E-state index in [0.29, 0.717) is 23.5 Å². The second-order valence-electron chi connectivity index (χ2n) is 5.09. The molecule has 0 saturated heterocycles. The Morgan fingerprint density at radius 2 is 2.13 bits per heavy atom. The zero-order chi connectivity index (χ0) is 16.2. The lowest BCUT2D eigenvalue weighted by molar-refractivity contribution is 0.0953. The minimum atomic E-state index is -0.372. The summed E-state index contributed by atoms with van der Waals surface area (Å²) in [7, 11) is 0. The Morgan fingerprint density at radius 1 is 1.30 bits per heavy atom. The number of amides is 1. The Kier molecular flexibility index (Phi) is 4.52. The van der Waals surface area contributed by atoms with Gasteiger partial charge < -0.3 is 5.32 Å². The van der Waals surface area contributed by atoms with Gasteiger partial charge in [0.05, 0.1) is 17.5 Å². The van der Waals surface area contributed by atoms with Gasteiger partial charge in [-0.2, -0.15) is 5.10 Å². The van der Waals surface area contributed by atoms with Crippen molar-refractivity contribution in [2.75, 3.05) is 6.54 Å². The summed E-state index contributed by atoms with van der Waals surface area (Å²) in [6, 6.07) is 10.4. The topological polar surface area (TPSA) is 46.9 Å². The number of aromatic nitrogens is 2. The zero-order valence-corrected chi connectivity index (χ0v) is 13.4. The van der Waals surface area contributed by atoms with Crippen LogP contribution in [0.4, 0.5) is 4.39 Å². The molecule has 2 aromatic heterocycles. The third-order valence-electron chi connectivity index (χ3n) is 3.57. The predicted octanol–water partition coefficient (Wildman–Crippen LogP) is 3.35. The van der Waals surface area contributed by atoms with Crippen LogP contribution in [0, 0.1) is 12.7 Å². The van der Waals surface area contributed by atoms with Gasteiger partial charge in [-0.15, -0.1) is 11.3 Å². The summed E-state index contributed by atoms with van der Waals surface area (Å²) in [5, 5.41) is 9.04. The number of nitrogens with zero attached hydrogens (tertiary/aromatic N) is 2. The predicted molar refractivity (Wildman–Crippen MR) is 88.6 cm³/mol. The normalized spacial score (nSPS) is 10.7. The van der Waals surface area contributed by atoms with E-state index >= 15 is 0 Å². The van der Waals surface area contributed by atoms with E-state index in [9.17, 15) is 9.18 Å². The van der Waals surface area contributed by atoms with Gasteiger partial charge in [0.2, 0.25) is 0 Å². The van der Waals surface area contributed by atoms with E-state index in [-0.39, 0.29) is 11.7 Å². The molecule has 0 aliphatic rings. The second kappa shape index (κ2) is 6.75. The Hall–Kier alpha value is -2.47. The van der Waals surface area contributed by atoms with Crippen LogP contribution in [0.5, 0.6) is 0 Å². The number of hydrogen-bond acceptors (Lipinski definition) is 3. The molecule has 0 aliphatic carbocycles. The lowest BCUT2D eigenvalue weighted by Gasteiger charge is -2.07. The summed E-state index contributed by atoms with van der Waals surface area (Å²) in [5.74, 6) is -0.565. The zero-order valence-electron chi connectivity index (χ0n) is 12.6. The standard InChI is InChI=1S/C17H16FN3OS/c1-12-14(17(22)19-9-8-13-5-4-10-23-13)11-20-21(12)16-7-3-2-6-15(16)18/h2-7,10-11H,8-9H2,1H3,(H,19,22). The summed E-state index contributed by atoms with van der Waals surface area (Å²) in [6.07, 6.45) is 2.27. The molecule has 0 fully saturated rings. The van der Waals surface area contributed by atoms with Crippen LogP contribution in [0.1, 0.15) is 20.9 Å². The van der Waals surface area contributed by atoms with Crippen LogP contribution in [0.15, 0.2) is 48.0 Å². The SMILES string of the molecule is Cc1c(C(=O)NCCc2cccs2)cnn1-c1ccccc1F. The van der Waals surface area contributed by atoms with E-state index in [1.807, 2.05) is 17.5 Å². The van der Waals surface area contributed by atoms with Crippen molar-refractivity contribution in [3.8, 4) is 5.69 Å². The van der Waals surface area contributed by atoms with Crippen LogP contribution in [-0.4, -0.2) is 22.2 Å². The maximum absolute atomic E-state index is 13.9. The van der Waals surface area contributed by atoms with E-state index in [0.717, 1.165) is 6.42 Å². The van der Waals surface area contributed by atoms with Gasteiger partial charge in [0.15, 0.2) is 0 Å². The van der Waals surface area contributed by atoms with E-state index < -0.39 is 0 Å².